The van der Waals surface area contributed by atoms with Crippen LogP contribution < -0.4 is 0 Å². The maximum absolute atomic E-state index is 13.1. The number of alkyl halides is 3. The number of aliphatic carboxylic acids is 1. The number of hydrogen-bond acceptors (Lipinski definition) is 5. The molecule has 0 bridgehead atoms. The van der Waals surface area contributed by atoms with Crippen molar-refractivity contribution >= 4 is 16.0 Å². The Labute approximate surface area is 180 Å². The molecule has 176 valence electrons. The molecule has 2 atom stereocenters. The van der Waals surface area contributed by atoms with Gasteiger partial charge in [-0.1, -0.05) is 25.1 Å². The van der Waals surface area contributed by atoms with Crippen molar-refractivity contribution in [2.45, 2.75) is 31.3 Å². The molecule has 0 aliphatic carbocycles. The first-order valence-corrected chi connectivity index (χ1v) is 11.4. The minimum Gasteiger partial charge on any atom is -0.475 e. The molecule has 1 N–H and O–H groups in total. The Kier molecular flexibility index (Phi) is 8.12. The summed E-state index contributed by atoms with van der Waals surface area (Å²) in [5, 5.41) is 7.12. The summed E-state index contributed by atoms with van der Waals surface area (Å²) in [6.07, 6.45) is -4.16. The number of methoxy groups -OCH3 is 1. The molecule has 7 nitrogen and oxygen atoms in total. The van der Waals surface area contributed by atoms with Gasteiger partial charge in [0.2, 0.25) is 10.0 Å². The lowest BCUT2D eigenvalue weighted by Gasteiger charge is -2.30. The van der Waals surface area contributed by atoms with Crippen molar-refractivity contribution in [3.8, 4) is 0 Å². The predicted octanol–water partition coefficient (Wildman–Crippen LogP) is 2.61. The number of carboxylic acid groups (broad SMARTS) is 1. The van der Waals surface area contributed by atoms with Crippen molar-refractivity contribution < 1.29 is 36.2 Å². The van der Waals surface area contributed by atoms with Gasteiger partial charge in [-0.2, -0.15) is 17.5 Å². The average Bonchev–Trinajstić information content (AvgIpc) is 3.27. The van der Waals surface area contributed by atoms with Gasteiger partial charge in [-0.25, -0.2) is 13.2 Å². The van der Waals surface area contributed by atoms with Gasteiger partial charge in [-0.15, -0.1) is 0 Å². The number of aryl methyl sites for hydroxylation is 1. The van der Waals surface area contributed by atoms with E-state index in [0.717, 1.165) is 31.6 Å². The van der Waals surface area contributed by atoms with Gasteiger partial charge in [0.15, 0.2) is 0 Å². The van der Waals surface area contributed by atoms with E-state index in [0.29, 0.717) is 30.5 Å². The van der Waals surface area contributed by atoms with Crippen LogP contribution in [-0.2, 0) is 19.6 Å². The summed E-state index contributed by atoms with van der Waals surface area (Å²) >= 11 is 0. The number of benzene rings is 1. The van der Waals surface area contributed by atoms with E-state index in [1.807, 2.05) is 19.1 Å². The van der Waals surface area contributed by atoms with Gasteiger partial charge < -0.3 is 14.7 Å². The molecule has 0 amide bonds. The predicted molar refractivity (Wildman–Crippen MR) is 108 cm³/mol. The number of hydrogen-bond donors (Lipinski definition) is 1. The molecule has 1 aromatic rings. The molecular weight excluding hydrogens is 437 g/mol. The summed E-state index contributed by atoms with van der Waals surface area (Å²) in [6.45, 7) is 8.92. The average molecular weight is 467 g/mol. The van der Waals surface area contributed by atoms with Gasteiger partial charge in [-0.05, 0) is 31.5 Å². The van der Waals surface area contributed by atoms with Gasteiger partial charge in [0.1, 0.15) is 0 Å². The molecule has 1 aromatic carbocycles. The summed E-state index contributed by atoms with van der Waals surface area (Å²) in [5.74, 6) is -2.35. The largest absolute Gasteiger partial charge is 0.490 e. The SMILES string of the molecule is CCN1C[C@H](COC)[C@]2(CCN(S(=O)(=O)c3ccccc3C)C2)C1.O=C(O)C(F)(F)F. The van der Waals surface area contributed by atoms with Crippen molar-refractivity contribution in [2.75, 3.05) is 46.4 Å². The van der Waals surface area contributed by atoms with E-state index in [4.69, 9.17) is 14.6 Å². The standard InChI is InChI=1S/C18H28N2O3S.C2HF3O2/c1-4-19-11-16(12-23-3)18(13-19)9-10-20(14-18)24(21,22)17-8-6-5-7-15(17)2;3-2(4,5)1(6)7/h5-8,16H,4,9-14H2,1-3H3;(H,6,7)/t16-,18-;/m1./s1. The summed E-state index contributed by atoms with van der Waals surface area (Å²) in [6, 6.07) is 7.26. The number of sulfonamides is 1. The fourth-order valence-electron chi connectivity index (χ4n) is 4.32. The number of nitrogens with zero attached hydrogens (tertiary/aromatic N) is 2. The van der Waals surface area contributed by atoms with E-state index >= 15 is 0 Å². The summed E-state index contributed by atoms with van der Waals surface area (Å²) in [7, 11) is -1.69. The van der Waals surface area contributed by atoms with E-state index in [9.17, 15) is 21.6 Å². The van der Waals surface area contributed by atoms with Gasteiger partial charge in [0.25, 0.3) is 0 Å². The molecule has 0 aromatic heterocycles. The van der Waals surface area contributed by atoms with Crippen molar-refractivity contribution in [2.24, 2.45) is 11.3 Å². The zero-order valence-electron chi connectivity index (χ0n) is 17.9. The molecule has 0 saturated carbocycles. The topological polar surface area (TPSA) is 87.2 Å². The third kappa shape index (κ3) is 5.76. The van der Waals surface area contributed by atoms with E-state index in [-0.39, 0.29) is 5.41 Å². The number of rotatable bonds is 5. The molecule has 31 heavy (non-hydrogen) atoms. The highest BCUT2D eigenvalue weighted by molar-refractivity contribution is 7.89. The van der Waals surface area contributed by atoms with Crippen LogP contribution in [0.5, 0.6) is 0 Å². The fourth-order valence-corrected chi connectivity index (χ4v) is 6.09. The smallest absolute Gasteiger partial charge is 0.475 e. The Bertz CT molecular complexity index is 878. The second-order valence-corrected chi connectivity index (χ2v) is 9.91. The Morgan fingerprint density at radius 2 is 1.90 bits per heavy atom. The van der Waals surface area contributed by atoms with Gasteiger partial charge in [-0.3, -0.25) is 0 Å². The summed E-state index contributed by atoms with van der Waals surface area (Å²) < 4.78 is 65.0. The first-order valence-electron chi connectivity index (χ1n) is 9.94. The highest BCUT2D eigenvalue weighted by Gasteiger charge is 2.52. The maximum Gasteiger partial charge on any atom is 0.490 e. The highest BCUT2D eigenvalue weighted by atomic mass is 32.2. The van der Waals surface area contributed by atoms with Crippen LogP contribution in [0.2, 0.25) is 0 Å². The van der Waals surface area contributed by atoms with Gasteiger partial charge >= 0.3 is 12.1 Å². The summed E-state index contributed by atoms with van der Waals surface area (Å²) in [4.78, 5) is 11.8. The molecule has 0 radical (unpaired) electrons. The summed E-state index contributed by atoms with van der Waals surface area (Å²) in [5.41, 5.74) is 0.843. The van der Waals surface area contributed by atoms with Crippen LogP contribution in [0.3, 0.4) is 0 Å². The molecule has 1 spiro atoms. The number of carbonyl (C=O) groups is 1. The van der Waals surface area contributed by atoms with Gasteiger partial charge in [0, 0.05) is 44.6 Å². The van der Waals surface area contributed by atoms with Crippen molar-refractivity contribution in [1.82, 2.24) is 9.21 Å². The molecule has 2 heterocycles. The molecule has 11 heteroatoms. The molecule has 2 aliphatic rings. The second kappa shape index (κ2) is 9.85. The monoisotopic (exact) mass is 466 g/mol. The molecule has 3 rings (SSSR count). The number of carboxylic acids is 1. The quantitative estimate of drug-likeness (QED) is 0.718. The lowest BCUT2D eigenvalue weighted by atomic mass is 9.78. The molecule has 2 aliphatic heterocycles. The Balaban J connectivity index is 0.000000423. The van der Waals surface area contributed by atoms with Crippen molar-refractivity contribution in [3.05, 3.63) is 29.8 Å². The normalized spacial score (nSPS) is 24.9. The zero-order valence-corrected chi connectivity index (χ0v) is 18.7. The van der Waals surface area contributed by atoms with Crippen LogP contribution in [0, 0.1) is 18.3 Å². The van der Waals surface area contributed by atoms with Crippen molar-refractivity contribution in [3.63, 3.8) is 0 Å². The zero-order chi connectivity index (χ0) is 23.4. The number of likely N-dealkylation sites (tertiary alicyclic amines) is 1. The fraction of sp³-hybridized carbons (Fsp3) is 0.650. The Morgan fingerprint density at radius 1 is 1.29 bits per heavy atom. The van der Waals surface area contributed by atoms with Crippen LogP contribution in [-0.4, -0.2) is 81.3 Å². The minimum atomic E-state index is -5.08. The van der Waals surface area contributed by atoms with E-state index in [1.165, 1.54) is 0 Å². The third-order valence-corrected chi connectivity index (χ3v) is 8.01. The third-order valence-electron chi connectivity index (χ3n) is 6.00. The highest BCUT2D eigenvalue weighted by Crippen LogP contribution is 2.45. The van der Waals surface area contributed by atoms with Crippen molar-refractivity contribution in [1.29, 1.82) is 0 Å². The van der Waals surface area contributed by atoms with E-state index in [2.05, 4.69) is 11.8 Å². The number of halogens is 3. The molecule has 0 unspecified atom stereocenters. The lowest BCUT2D eigenvalue weighted by Crippen LogP contribution is -2.38. The number of ether oxygens (including phenoxy) is 1. The minimum absolute atomic E-state index is 0.0295. The Hall–Kier alpha value is -1.69. The maximum atomic E-state index is 13.1. The van der Waals surface area contributed by atoms with Crippen LogP contribution in [0.1, 0.15) is 18.9 Å². The van der Waals surface area contributed by atoms with E-state index in [1.54, 1.807) is 23.5 Å². The van der Waals surface area contributed by atoms with Crippen LogP contribution in [0.4, 0.5) is 13.2 Å². The Morgan fingerprint density at radius 3 is 2.42 bits per heavy atom. The first-order chi connectivity index (χ1) is 14.4. The molecule has 2 fully saturated rings. The van der Waals surface area contributed by atoms with Gasteiger partial charge in [0.05, 0.1) is 11.5 Å². The second-order valence-electron chi connectivity index (χ2n) is 8.00. The van der Waals surface area contributed by atoms with Crippen LogP contribution in [0.25, 0.3) is 0 Å². The van der Waals surface area contributed by atoms with Crippen LogP contribution in [0.15, 0.2) is 29.2 Å². The van der Waals surface area contributed by atoms with Crippen LogP contribution >= 0.6 is 0 Å². The molecule has 2 saturated heterocycles. The molecular formula is C20H29F3N2O5S. The lowest BCUT2D eigenvalue weighted by molar-refractivity contribution is -0.192. The van der Waals surface area contributed by atoms with E-state index < -0.39 is 22.2 Å². The first kappa shape index (κ1) is 25.6.